The molecular formula is C13H16FN3O2. The van der Waals surface area contributed by atoms with Gasteiger partial charge in [-0.2, -0.15) is 0 Å². The summed E-state index contributed by atoms with van der Waals surface area (Å²) in [4.78, 5) is 25.3. The predicted molar refractivity (Wildman–Crippen MR) is 70.8 cm³/mol. The van der Waals surface area contributed by atoms with Crippen molar-refractivity contribution >= 4 is 23.6 Å². The molecule has 1 N–H and O–H groups in total. The number of nitrogens with one attached hydrogen (secondary N) is 1. The van der Waals surface area contributed by atoms with Crippen LogP contribution in [0.4, 0.5) is 15.8 Å². The summed E-state index contributed by atoms with van der Waals surface area (Å²) in [7, 11) is 2.03. The Kier molecular flexibility index (Phi) is 4.11. The molecule has 1 aliphatic heterocycles. The van der Waals surface area contributed by atoms with Crippen molar-refractivity contribution in [3.63, 3.8) is 0 Å². The van der Waals surface area contributed by atoms with E-state index < -0.39 is 11.7 Å². The minimum absolute atomic E-state index is 0.159. The molecule has 102 valence electrons. The lowest BCUT2D eigenvalue weighted by Crippen LogP contribution is -2.44. The summed E-state index contributed by atoms with van der Waals surface area (Å²) in [6.07, 6.45) is 0.159. The zero-order valence-electron chi connectivity index (χ0n) is 10.7. The van der Waals surface area contributed by atoms with Crippen LogP contribution in [0, 0.1) is 5.82 Å². The van der Waals surface area contributed by atoms with Crippen LogP contribution in [0.1, 0.15) is 0 Å². The van der Waals surface area contributed by atoms with Crippen molar-refractivity contribution in [2.45, 2.75) is 0 Å². The number of halogens is 1. The highest BCUT2D eigenvalue weighted by atomic mass is 19.1. The summed E-state index contributed by atoms with van der Waals surface area (Å²) in [6.45, 7) is 3.33. The monoisotopic (exact) mass is 265 g/mol. The summed E-state index contributed by atoms with van der Waals surface area (Å²) in [5, 5.41) is 2.30. The van der Waals surface area contributed by atoms with E-state index in [9.17, 15) is 14.0 Å². The Labute approximate surface area is 111 Å². The van der Waals surface area contributed by atoms with Crippen LogP contribution >= 0.6 is 0 Å². The van der Waals surface area contributed by atoms with Crippen molar-refractivity contribution in [3.8, 4) is 0 Å². The molecule has 0 spiro atoms. The number of carbonyl (C=O) groups excluding carboxylic acids is 2. The molecule has 1 aromatic carbocycles. The maximum absolute atomic E-state index is 14.0. The van der Waals surface area contributed by atoms with Crippen LogP contribution < -0.4 is 10.2 Å². The maximum Gasteiger partial charge on any atom is 0.288 e. The summed E-state index contributed by atoms with van der Waals surface area (Å²) in [6, 6.07) is 4.45. The number of amides is 1. The Morgan fingerprint density at radius 2 is 2.00 bits per heavy atom. The molecule has 19 heavy (non-hydrogen) atoms. The lowest BCUT2D eigenvalue weighted by molar-refractivity contribution is -0.127. The molecule has 0 radical (unpaired) electrons. The number of piperazine rings is 1. The molecule has 1 heterocycles. The largest absolute Gasteiger partial charge is 0.367 e. The zero-order chi connectivity index (χ0) is 13.8. The van der Waals surface area contributed by atoms with Gasteiger partial charge in [0.15, 0.2) is 0 Å². The Morgan fingerprint density at radius 1 is 1.32 bits per heavy atom. The Balaban J connectivity index is 2.10. The van der Waals surface area contributed by atoms with Gasteiger partial charge in [0, 0.05) is 31.9 Å². The number of benzene rings is 1. The molecule has 0 aliphatic carbocycles. The second-order valence-corrected chi connectivity index (χ2v) is 4.56. The molecule has 2 rings (SSSR count). The third-order valence-electron chi connectivity index (χ3n) is 3.17. The predicted octanol–water partition coefficient (Wildman–Crippen LogP) is 0.715. The minimum Gasteiger partial charge on any atom is -0.367 e. The van der Waals surface area contributed by atoms with Gasteiger partial charge in [-0.25, -0.2) is 4.39 Å². The first-order valence-corrected chi connectivity index (χ1v) is 6.09. The van der Waals surface area contributed by atoms with Gasteiger partial charge in [0.1, 0.15) is 5.82 Å². The van der Waals surface area contributed by atoms with Crippen LogP contribution in [0.2, 0.25) is 0 Å². The fourth-order valence-electron chi connectivity index (χ4n) is 2.06. The van der Waals surface area contributed by atoms with E-state index in [0.29, 0.717) is 5.69 Å². The number of carbonyl (C=O) groups is 2. The number of nitrogens with zero attached hydrogens (tertiary/aromatic N) is 2. The average molecular weight is 265 g/mol. The number of aldehydes is 1. The van der Waals surface area contributed by atoms with Crippen molar-refractivity contribution in [3.05, 3.63) is 24.0 Å². The third kappa shape index (κ3) is 3.29. The first-order chi connectivity index (χ1) is 9.10. The molecule has 0 aromatic heterocycles. The van der Waals surface area contributed by atoms with E-state index in [1.165, 1.54) is 6.07 Å². The van der Waals surface area contributed by atoms with E-state index in [2.05, 4.69) is 10.2 Å². The zero-order valence-corrected chi connectivity index (χ0v) is 10.7. The van der Waals surface area contributed by atoms with Gasteiger partial charge in [0.05, 0.1) is 5.69 Å². The summed E-state index contributed by atoms with van der Waals surface area (Å²) >= 11 is 0. The van der Waals surface area contributed by atoms with Crippen molar-refractivity contribution in [2.24, 2.45) is 0 Å². The second-order valence-electron chi connectivity index (χ2n) is 4.56. The molecule has 0 atom stereocenters. The number of hydrogen-bond acceptors (Lipinski definition) is 4. The van der Waals surface area contributed by atoms with Crippen molar-refractivity contribution in [2.75, 3.05) is 43.4 Å². The third-order valence-corrected chi connectivity index (χ3v) is 3.17. The quantitative estimate of drug-likeness (QED) is 0.646. The maximum atomic E-state index is 14.0. The fourth-order valence-corrected chi connectivity index (χ4v) is 2.06. The van der Waals surface area contributed by atoms with Gasteiger partial charge in [-0.3, -0.25) is 9.59 Å². The van der Waals surface area contributed by atoms with E-state index in [0.717, 1.165) is 26.2 Å². The van der Waals surface area contributed by atoms with Crippen molar-refractivity contribution in [1.29, 1.82) is 0 Å². The van der Waals surface area contributed by atoms with Gasteiger partial charge < -0.3 is 15.1 Å². The first-order valence-electron chi connectivity index (χ1n) is 6.09. The number of anilines is 2. The van der Waals surface area contributed by atoms with E-state index in [4.69, 9.17) is 0 Å². The van der Waals surface area contributed by atoms with Crippen LogP contribution in [-0.2, 0) is 9.59 Å². The normalized spacial score (nSPS) is 16.2. The molecule has 1 fully saturated rings. The highest BCUT2D eigenvalue weighted by Crippen LogP contribution is 2.23. The van der Waals surface area contributed by atoms with Crippen molar-refractivity contribution < 1.29 is 14.0 Å². The Bertz CT molecular complexity index is 485. The van der Waals surface area contributed by atoms with Gasteiger partial charge in [0.25, 0.3) is 5.91 Å². The smallest absolute Gasteiger partial charge is 0.288 e. The molecule has 5 nitrogen and oxygen atoms in total. The molecule has 0 saturated carbocycles. The molecular weight excluding hydrogens is 249 g/mol. The van der Waals surface area contributed by atoms with E-state index in [1.54, 1.807) is 12.1 Å². The average Bonchev–Trinajstić information content (AvgIpc) is 2.40. The lowest BCUT2D eigenvalue weighted by Gasteiger charge is -2.34. The highest BCUT2D eigenvalue weighted by Gasteiger charge is 2.17. The SMILES string of the molecule is CN1CCN(c2ccc(NC(=O)C=O)cc2F)CC1. The molecule has 1 saturated heterocycles. The molecule has 0 bridgehead atoms. The summed E-state index contributed by atoms with van der Waals surface area (Å²) in [5.41, 5.74) is 0.810. The van der Waals surface area contributed by atoms with Gasteiger partial charge in [-0.15, -0.1) is 0 Å². The summed E-state index contributed by atoms with van der Waals surface area (Å²) < 4.78 is 14.0. The topological polar surface area (TPSA) is 52.6 Å². The molecule has 1 amide bonds. The van der Waals surface area contributed by atoms with E-state index >= 15 is 0 Å². The van der Waals surface area contributed by atoms with Crippen molar-refractivity contribution in [1.82, 2.24) is 4.90 Å². The Hall–Kier alpha value is -1.95. The highest BCUT2D eigenvalue weighted by molar-refractivity contribution is 6.29. The fraction of sp³-hybridized carbons (Fsp3) is 0.385. The van der Waals surface area contributed by atoms with E-state index in [1.807, 2.05) is 11.9 Å². The second kappa shape index (κ2) is 5.79. The van der Waals surface area contributed by atoms with Crippen LogP contribution in [-0.4, -0.2) is 50.3 Å². The van der Waals surface area contributed by atoms with Crippen LogP contribution in [0.5, 0.6) is 0 Å². The molecule has 0 unspecified atom stereocenters. The number of likely N-dealkylation sites (N-methyl/N-ethyl adjacent to an activating group) is 1. The van der Waals surface area contributed by atoms with Gasteiger partial charge in [-0.1, -0.05) is 0 Å². The van der Waals surface area contributed by atoms with Gasteiger partial charge >= 0.3 is 0 Å². The van der Waals surface area contributed by atoms with Gasteiger partial charge in [0.2, 0.25) is 6.29 Å². The van der Waals surface area contributed by atoms with E-state index in [-0.39, 0.29) is 12.0 Å². The number of rotatable bonds is 3. The first kappa shape index (κ1) is 13.5. The van der Waals surface area contributed by atoms with Crippen LogP contribution in [0.15, 0.2) is 18.2 Å². The lowest BCUT2D eigenvalue weighted by atomic mass is 10.2. The molecule has 1 aromatic rings. The number of hydrogen-bond donors (Lipinski definition) is 1. The standard InChI is InChI=1S/C13H16FN3O2/c1-16-4-6-17(7-5-16)12-3-2-10(8-11(12)14)15-13(19)9-18/h2-3,8-9H,4-7H2,1H3,(H,15,19). The molecule has 6 heteroatoms. The summed E-state index contributed by atoms with van der Waals surface area (Å²) in [5.74, 6) is -1.18. The molecule has 1 aliphatic rings. The minimum atomic E-state index is -0.785. The van der Waals surface area contributed by atoms with Gasteiger partial charge in [-0.05, 0) is 25.2 Å². The van der Waals surface area contributed by atoms with Crippen LogP contribution in [0.3, 0.4) is 0 Å². The Morgan fingerprint density at radius 3 is 2.58 bits per heavy atom. The van der Waals surface area contributed by atoms with Crippen LogP contribution in [0.25, 0.3) is 0 Å².